The van der Waals surface area contributed by atoms with Crippen LogP contribution in [0.2, 0.25) is 0 Å². The maximum absolute atomic E-state index is 13.4. The van der Waals surface area contributed by atoms with Crippen LogP contribution in [0.1, 0.15) is 26.0 Å². The number of amidine groups is 1. The van der Waals surface area contributed by atoms with Gasteiger partial charge in [0.2, 0.25) is 10.3 Å². The zero-order valence-corrected chi connectivity index (χ0v) is 26.4. The number of nitrogens with zero attached hydrogens (tertiary/aromatic N) is 7. The Labute approximate surface area is 248 Å². The number of hydrogen-bond donors (Lipinski definition) is 2. The quantitative estimate of drug-likeness (QED) is 0.179. The average molecular weight is 612 g/mol. The molecule has 2 N–H and O–H groups in total. The first-order valence-corrected chi connectivity index (χ1v) is 17.6. The number of hydrogen-bond acceptors (Lipinski definition) is 10. The van der Waals surface area contributed by atoms with Crippen LogP contribution in [0.5, 0.6) is 0 Å². The van der Waals surface area contributed by atoms with Crippen molar-refractivity contribution in [3.63, 3.8) is 0 Å². The van der Waals surface area contributed by atoms with Crippen LogP contribution in [0, 0.1) is 6.92 Å². The zero-order chi connectivity index (χ0) is 29.6. The molecule has 1 aliphatic rings. The summed E-state index contributed by atoms with van der Waals surface area (Å²) in [5.74, 6) is -0.000539. The zero-order valence-electron chi connectivity index (χ0n) is 23.9. The minimum absolute atomic E-state index is 0.213. The second kappa shape index (κ2) is 13.4. The summed E-state index contributed by atoms with van der Waals surface area (Å²) in [6.07, 6.45) is 4.42. The largest absolute Gasteiger partial charge is 0.856 e. The highest BCUT2D eigenvalue weighted by Crippen LogP contribution is 2.43. The molecule has 1 aliphatic heterocycles. The van der Waals surface area contributed by atoms with E-state index in [2.05, 4.69) is 68.3 Å². The van der Waals surface area contributed by atoms with E-state index in [1.54, 1.807) is 13.8 Å². The van der Waals surface area contributed by atoms with Gasteiger partial charge in [-0.2, -0.15) is 10.4 Å². The number of thioether (sulfide) groups is 2. The first-order chi connectivity index (χ1) is 19.8. The summed E-state index contributed by atoms with van der Waals surface area (Å²) in [4.78, 5) is 13.4. The Morgan fingerprint density at radius 2 is 1.66 bits per heavy atom. The molecule has 1 aromatic heterocycles. The number of aromatic nitrogens is 3. The topological polar surface area (TPSA) is 126 Å². The van der Waals surface area contributed by atoms with Crippen LogP contribution in [-0.2, 0) is 0 Å². The van der Waals surface area contributed by atoms with Crippen LogP contribution >= 0.6 is 30.6 Å². The molecule has 41 heavy (non-hydrogen) atoms. The van der Waals surface area contributed by atoms with Gasteiger partial charge in [-0.3, -0.25) is 10.2 Å². The van der Waals surface area contributed by atoms with Gasteiger partial charge in [-0.05, 0) is 39.4 Å². The van der Waals surface area contributed by atoms with Crippen molar-refractivity contribution in [3.05, 3.63) is 88.3 Å². The Balaban J connectivity index is 2.13. The molecule has 14 heteroatoms. The van der Waals surface area contributed by atoms with Crippen LogP contribution < -0.4 is 32.1 Å². The lowest BCUT2D eigenvalue weighted by Gasteiger charge is -2.34. The average Bonchev–Trinajstić information content (AvgIpc) is 3.00. The normalized spacial score (nSPS) is 14.0. The minimum Gasteiger partial charge on any atom is -0.856 e. The number of aryl methyl sites for hydroxylation is 1. The molecule has 11 nitrogen and oxygen atoms in total. The van der Waals surface area contributed by atoms with Gasteiger partial charge in [-0.25, -0.2) is 4.33 Å². The molecule has 0 bridgehead atoms. The molecule has 0 fully saturated rings. The van der Waals surface area contributed by atoms with E-state index < -0.39 is 12.6 Å². The van der Waals surface area contributed by atoms with Gasteiger partial charge in [0.1, 0.15) is 5.69 Å². The molecule has 0 aliphatic carbocycles. The summed E-state index contributed by atoms with van der Waals surface area (Å²) in [7, 11) is -2.40. The van der Waals surface area contributed by atoms with Crippen LogP contribution in [0.15, 0.2) is 92.4 Å². The molecule has 0 amide bonds. The maximum atomic E-state index is 13.4. The van der Waals surface area contributed by atoms with Gasteiger partial charge in [0, 0.05) is 27.3 Å². The SMILES string of the molecule is CCC[N+](/C(=N/n1c(SC)nnc(C)c1=O)NN1C(SC)=NNC(C)=C1[O-])=P(C)(c1ccccc1)c1ccccc1. The third kappa shape index (κ3) is 6.22. The van der Waals surface area contributed by atoms with E-state index in [0.717, 1.165) is 17.0 Å². The second-order valence-corrected chi connectivity index (χ2v) is 14.1. The van der Waals surface area contributed by atoms with Gasteiger partial charge < -0.3 is 5.11 Å². The molecule has 2 heterocycles. The molecule has 4 rings (SSSR count). The van der Waals surface area contributed by atoms with Crippen molar-refractivity contribution >= 4 is 52.3 Å². The number of hydrazone groups is 1. The number of benzene rings is 2. The lowest BCUT2D eigenvalue weighted by molar-refractivity contribution is -0.395. The van der Waals surface area contributed by atoms with E-state index in [-0.39, 0.29) is 11.6 Å². The molecule has 216 valence electrons. The molecule has 0 unspecified atom stereocenters. The molecular weight excluding hydrogens is 577 g/mol. The predicted molar refractivity (Wildman–Crippen MR) is 168 cm³/mol. The smallest absolute Gasteiger partial charge is 0.433 e. The Bertz CT molecular complexity index is 1560. The molecule has 0 radical (unpaired) electrons. The van der Waals surface area contributed by atoms with E-state index in [4.69, 9.17) is 5.10 Å². The van der Waals surface area contributed by atoms with Crippen molar-refractivity contribution in [1.82, 2.24) is 30.7 Å². The van der Waals surface area contributed by atoms with Crippen LogP contribution in [-0.4, -0.2) is 61.1 Å². The third-order valence-electron chi connectivity index (χ3n) is 6.46. The first kappa shape index (κ1) is 30.4. The molecule has 0 spiro atoms. The molecule has 2 aromatic carbocycles. The van der Waals surface area contributed by atoms with Crippen LogP contribution in [0.4, 0.5) is 0 Å². The highest BCUT2D eigenvalue weighted by molar-refractivity contribution is 8.13. The Morgan fingerprint density at radius 1 is 1.05 bits per heavy atom. The van der Waals surface area contributed by atoms with Crippen LogP contribution in [0.25, 0.3) is 0 Å². The molecule has 0 saturated heterocycles. The van der Waals surface area contributed by atoms with Crippen molar-refractivity contribution in [2.75, 3.05) is 25.7 Å². The highest BCUT2D eigenvalue weighted by Gasteiger charge is 2.33. The summed E-state index contributed by atoms with van der Waals surface area (Å²) >= 11 is 2.56. The van der Waals surface area contributed by atoms with Crippen molar-refractivity contribution in [3.8, 4) is 0 Å². The van der Waals surface area contributed by atoms with Crippen LogP contribution in [0.3, 0.4) is 0 Å². The van der Waals surface area contributed by atoms with Crippen molar-refractivity contribution in [2.24, 2.45) is 10.2 Å². The fourth-order valence-electron chi connectivity index (χ4n) is 4.28. The predicted octanol–water partition coefficient (Wildman–Crippen LogP) is 2.29. The van der Waals surface area contributed by atoms with Gasteiger partial charge >= 0.3 is 11.5 Å². The summed E-state index contributed by atoms with van der Waals surface area (Å²) in [5, 5.41) is 35.2. The third-order valence-corrected chi connectivity index (χ3v) is 11.7. The summed E-state index contributed by atoms with van der Waals surface area (Å²) in [6, 6.07) is 20.5. The molecular formula is C27H34N9O2PS2. The van der Waals surface area contributed by atoms with E-state index in [1.807, 2.05) is 48.9 Å². The Kier molecular flexibility index (Phi) is 9.95. The molecule has 3 aromatic rings. The number of allylic oxidation sites excluding steroid dienone is 1. The van der Waals surface area contributed by atoms with Gasteiger partial charge in [0.05, 0.1) is 13.6 Å². The number of rotatable bonds is 7. The van der Waals surface area contributed by atoms with Gasteiger partial charge in [-0.15, -0.1) is 20.0 Å². The van der Waals surface area contributed by atoms with Gasteiger partial charge in [0.15, 0.2) is 0 Å². The van der Waals surface area contributed by atoms with E-state index in [0.29, 0.717) is 28.5 Å². The van der Waals surface area contributed by atoms with Gasteiger partial charge in [0.25, 0.3) is 0 Å². The molecule has 0 atom stereocenters. The Morgan fingerprint density at radius 3 is 2.20 bits per heavy atom. The van der Waals surface area contributed by atoms with E-state index >= 15 is 0 Å². The standard InChI is InChI=1S/C27H34N9O2PS2/c1-7-18-34(39(4,21-14-10-8-11-15-21)22-16-12-9-13-17-22)25(32-35-23(37)19(2)28-30-26(35)40-5)33-36-24(38)20(3)29-31-27(36)41-6/h8-17H,7,18H2,1-6H3,(H2-,28,29,32,33,37,38). The Hall–Kier alpha value is -3.54. The van der Waals surface area contributed by atoms with Gasteiger partial charge in [-0.1, -0.05) is 91.1 Å². The fourth-order valence-corrected chi connectivity index (χ4v) is 8.57. The highest BCUT2D eigenvalue weighted by atomic mass is 32.2. The summed E-state index contributed by atoms with van der Waals surface area (Å²) in [6.45, 7) is 8.15. The number of guanidine groups is 1. The molecule has 0 saturated carbocycles. The first-order valence-electron chi connectivity index (χ1n) is 12.9. The van der Waals surface area contributed by atoms with Crippen molar-refractivity contribution in [1.29, 1.82) is 0 Å². The number of hydrazine groups is 1. The minimum atomic E-state index is -2.40. The number of nitrogens with one attached hydrogen (secondary N) is 2. The fraction of sp³-hybridized carbons (Fsp3) is 0.296. The van der Waals surface area contributed by atoms with E-state index in [9.17, 15) is 9.90 Å². The lowest BCUT2D eigenvalue weighted by atomic mass is 10.4. The summed E-state index contributed by atoms with van der Waals surface area (Å²) < 4.78 is 3.43. The maximum Gasteiger partial charge on any atom is 0.433 e. The summed E-state index contributed by atoms with van der Waals surface area (Å²) in [5.41, 5.74) is 6.23. The second-order valence-electron chi connectivity index (χ2n) is 9.15. The van der Waals surface area contributed by atoms with Crippen molar-refractivity contribution in [2.45, 2.75) is 32.3 Å². The monoisotopic (exact) mass is 611 g/mol. The van der Waals surface area contributed by atoms with E-state index in [1.165, 1.54) is 33.2 Å². The van der Waals surface area contributed by atoms with Crippen molar-refractivity contribution < 1.29 is 9.43 Å². The lowest BCUT2D eigenvalue weighted by Crippen LogP contribution is -2.54.